The molecule has 2 amide bonds. The maximum Gasteiger partial charge on any atom is 0.257 e. The van der Waals surface area contributed by atoms with Crippen LogP contribution in [0.2, 0.25) is 0 Å². The van der Waals surface area contributed by atoms with Gasteiger partial charge in [0.05, 0.1) is 13.0 Å². The van der Waals surface area contributed by atoms with E-state index in [1.54, 1.807) is 0 Å². The summed E-state index contributed by atoms with van der Waals surface area (Å²) in [6.07, 6.45) is 0.244. The Morgan fingerprint density at radius 1 is 1.21 bits per heavy atom. The van der Waals surface area contributed by atoms with Crippen LogP contribution in [0.4, 0.5) is 0 Å². The van der Waals surface area contributed by atoms with Gasteiger partial charge in [0.1, 0.15) is 0 Å². The van der Waals surface area contributed by atoms with Crippen LogP contribution in [-0.4, -0.2) is 18.4 Å². The number of hydrogen-bond acceptors (Lipinski definition) is 2. The molecule has 0 bridgehead atoms. The summed E-state index contributed by atoms with van der Waals surface area (Å²) < 4.78 is 0. The van der Waals surface area contributed by atoms with E-state index in [1.165, 1.54) is 0 Å². The van der Waals surface area contributed by atoms with Crippen molar-refractivity contribution < 1.29 is 9.59 Å². The van der Waals surface area contributed by atoms with E-state index in [2.05, 4.69) is 5.32 Å². The second-order valence-electron chi connectivity index (χ2n) is 2.86. The van der Waals surface area contributed by atoms with E-state index in [1.807, 2.05) is 30.3 Å². The summed E-state index contributed by atoms with van der Waals surface area (Å²) in [5.74, 6) is -1.02. The standard InChI is InChI=1S/C10H11N2O2/c11-9(13)7-12-10(14)6-8-4-2-1-3-5-8/h1-5,11H,6-7H2,(H,12,14). The Bertz CT molecular complexity index is 322. The lowest BCUT2D eigenvalue weighted by molar-refractivity contribution is -0.124. The van der Waals surface area contributed by atoms with Crippen LogP contribution < -0.4 is 11.1 Å². The summed E-state index contributed by atoms with van der Waals surface area (Å²) in [7, 11) is 0. The first-order valence-corrected chi connectivity index (χ1v) is 4.23. The highest BCUT2D eigenvalue weighted by Crippen LogP contribution is 1.98. The predicted molar refractivity (Wildman–Crippen MR) is 51.3 cm³/mol. The van der Waals surface area contributed by atoms with E-state index in [9.17, 15) is 9.59 Å². The number of amides is 2. The monoisotopic (exact) mass is 191 g/mol. The van der Waals surface area contributed by atoms with Crippen LogP contribution in [0.1, 0.15) is 5.56 Å². The molecule has 0 heterocycles. The molecule has 0 spiro atoms. The highest BCUT2D eigenvalue weighted by atomic mass is 16.2. The van der Waals surface area contributed by atoms with Crippen molar-refractivity contribution in [2.75, 3.05) is 6.54 Å². The molecule has 0 aliphatic heterocycles. The Kier molecular flexibility index (Phi) is 3.67. The van der Waals surface area contributed by atoms with Crippen molar-refractivity contribution >= 4 is 11.8 Å². The fraction of sp³-hybridized carbons (Fsp3) is 0.200. The van der Waals surface area contributed by atoms with Gasteiger partial charge in [-0.05, 0) is 5.56 Å². The van der Waals surface area contributed by atoms with E-state index in [-0.39, 0.29) is 18.9 Å². The van der Waals surface area contributed by atoms with E-state index in [4.69, 9.17) is 5.73 Å². The third kappa shape index (κ3) is 3.71. The van der Waals surface area contributed by atoms with Crippen LogP contribution in [0.3, 0.4) is 0 Å². The molecule has 0 fully saturated rings. The molecule has 4 heteroatoms. The van der Waals surface area contributed by atoms with Crippen LogP contribution in [0, 0.1) is 0 Å². The molecule has 1 aromatic rings. The van der Waals surface area contributed by atoms with E-state index < -0.39 is 5.91 Å². The smallest absolute Gasteiger partial charge is 0.257 e. The SMILES string of the molecule is [NH]C(=O)CNC(=O)Cc1ccccc1. The van der Waals surface area contributed by atoms with Crippen LogP contribution in [0.15, 0.2) is 30.3 Å². The zero-order valence-electron chi connectivity index (χ0n) is 7.62. The third-order valence-electron chi connectivity index (χ3n) is 1.65. The quantitative estimate of drug-likeness (QED) is 0.736. The number of hydrogen-bond donors (Lipinski definition) is 1. The second kappa shape index (κ2) is 5.01. The lowest BCUT2D eigenvalue weighted by Crippen LogP contribution is -2.30. The van der Waals surface area contributed by atoms with Crippen LogP contribution in [0.5, 0.6) is 0 Å². The lowest BCUT2D eigenvalue weighted by atomic mass is 10.1. The van der Waals surface area contributed by atoms with Gasteiger partial charge in [0, 0.05) is 0 Å². The highest BCUT2D eigenvalue weighted by molar-refractivity contribution is 5.84. The van der Waals surface area contributed by atoms with Gasteiger partial charge in [-0.1, -0.05) is 30.3 Å². The molecular formula is C10H11N2O2. The van der Waals surface area contributed by atoms with Gasteiger partial charge in [-0.15, -0.1) is 0 Å². The first-order chi connectivity index (χ1) is 6.68. The number of rotatable bonds is 4. The minimum Gasteiger partial charge on any atom is -0.347 e. The average molecular weight is 191 g/mol. The van der Waals surface area contributed by atoms with Gasteiger partial charge < -0.3 is 5.32 Å². The zero-order valence-corrected chi connectivity index (χ0v) is 7.62. The van der Waals surface area contributed by atoms with Crippen molar-refractivity contribution in [1.82, 2.24) is 11.1 Å². The van der Waals surface area contributed by atoms with E-state index in [0.29, 0.717) is 0 Å². The van der Waals surface area contributed by atoms with E-state index >= 15 is 0 Å². The molecule has 0 aliphatic rings. The molecule has 14 heavy (non-hydrogen) atoms. The van der Waals surface area contributed by atoms with E-state index in [0.717, 1.165) is 5.56 Å². The molecule has 1 rings (SSSR count). The Morgan fingerprint density at radius 2 is 1.86 bits per heavy atom. The fourth-order valence-electron chi connectivity index (χ4n) is 1.02. The zero-order chi connectivity index (χ0) is 10.4. The molecular weight excluding hydrogens is 180 g/mol. The summed E-state index contributed by atoms with van der Waals surface area (Å²) in [4.78, 5) is 21.4. The van der Waals surface area contributed by atoms with Crippen molar-refractivity contribution in [3.63, 3.8) is 0 Å². The molecule has 0 atom stereocenters. The summed E-state index contributed by atoms with van der Waals surface area (Å²) >= 11 is 0. The minimum atomic E-state index is -0.786. The Hall–Kier alpha value is -1.84. The first kappa shape index (κ1) is 10.2. The highest BCUT2D eigenvalue weighted by Gasteiger charge is 2.03. The normalized spacial score (nSPS) is 9.43. The van der Waals surface area contributed by atoms with Gasteiger partial charge in [0.15, 0.2) is 0 Å². The molecule has 0 saturated heterocycles. The summed E-state index contributed by atoms with van der Waals surface area (Å²) in [6, 6.07) is 9.23. The van der Waals surface area contributed by atoms with Crippen molar-refractivity contribution in [2.24, 2.45) is 0 Å². The first-order valence-electron chi connectivity index (χ1n) is 4.23. The van der Waals surface area contributed by atoms with Gasteiger partial charge in [-0.3, -0.25) is 15.3 Å². The number of carbonyl (C=O) groups excluding carboxylic acids is 2. The van der Waals surface area contributed by atoms with Crippen LogP contribution >= 0.6 is 0 Å². The molecule has 0 saturated carbocycles. The lowest BCUT2D eigenvalue weighted by Gasteiger charge is -2.01. The summed E-state index contributed by atoms with van der Waals surface area (Å²) in [5, 5.41) is 2.35. The number of benzene rings is 1. The van der Waals surface area contributed by atoms with Gasteiger partial charge in [0.2, 0.25) is 5.91 Å². The fourth-order valence-corrected chi connectivity index (χ4v) is 1.02. The third-order valence-corrected chi connectivity index (χ3v) is 1.65. The van der Waals surface area contributed by atoms with Gasteiger partial charge in [-0.2, -0.15) is 0 Å². The maximum absolute atomic E-state index is 11.2. The Balaban J connectivity index is 2.38. The maximum atomic E-state index is 11.2. The van der Waals surface area contributed by atoms with Gasteiger partial charge >= 0.3 is 0 Å². The molecule has 0 unspecified atom stereocenters. The molecule has 1 radical (unpaired) electrons. The van der Waals surface area contributed by atoms with Crippen molar-refractivity contribution in [2.45, 2.75) is 6.42 Å². The number of nitrogens with one attached hydrogen (secondary N) is 2. The second-order valence-corrected chi connectivity index (χ2v) is 2.86. The molecule has 4 nitrogen and oxygen atoms in total. The summed E-state index contributed by atoms with van der Waals surface area (Å²) in [6.45, 7) is -0.217. The van der Waals surface area contributed by atoms with Gasteiger partial charge in [-0.25, -0.2) is 0 Å². The predicted octanol–water partition coefficient (Wildman–Crippen LogP) is 0.155. The van der Waals surface area contributed by atoms with Crippen molar-refractivity contribution in [3.05, 3.63) is 35.9 Å². The largest absolute Gasteiger partial charge is 0.347 e. The Morgan fingerprint density at radius 3 is 2.43 bits per heavy atom. The molecule has 2 N–H and O–H groups in total. The topological polar surface area (TPSA) is 70.0 Å². The van der Waals surface area contributed by atoms with Crippen molar-refractivity contribution in [3.8, 4) is 0 Å². The molecule has 1 aromatic carbocycles. The number of carbonyl (C=O) groups is 2. The Labute approximate surface area is 82.1 Å². The van der Waals surface area contributed by atoms with Crippen LogP contribution in [0.25, 0.3) is 0 Å². The summed E-state index contributed by atoms with van der Waals surface area (Å²) in [5.41, 5.74) is 7.49. The molecule has 0 aliphatic carbocycles. The molecule has 73 valence electrons. The van der Waals surface area contributed by atoms with Crippen LogP contribution in [-0.2, 0) is 16.0 Å². The minimum absolute atomic E-state index is 0.217. The average Bonchev–Trinajstić information content (AvgIpc) is 2.16. The molecule has 0 aromatic heterocycles. The van der Waals surface area contributed by atoms with Gasteiger partial charge in [0.25, 0.3) is 5.91 Å². The van der Waals surface area contributed by atoms with Crippen molar-refractivity contribution in [1.29, 1.82) is 0 Å².